The molecule has 8 nitrogen and oxygen atoms in total. The Bertz CT molecular complexity index is 1340. The van der Waals surface area contributed by atoms with Crippen molar-refractivity contribution in [3.05, 3.63) is 50.4 Å². The van der Waals surface area contributed by atoms with Gasteiger partial charge >= 0.3 is 18.0 Å². The number of ether oxygens (including phenoxy) is 3. The van der Waals surface area contributed by atoms with Crippen LogP contribution in [0.15, 0.2) is 45.6 Å². The van der Waals surface area contributed by atoms with E-state index in [1.807, 2.05) is 46.0 Å². The maximum atomic E-state index is 13.5. The number of nitrogens with zero attached hydrogens (tertiary/aromatic N) is 1. The molecular weight excluding hydrogens is 616 g/mol. The van der Waals surface area contributed by atoms with E-state index in [2.05, 4.69) is 21.2 Å². The van der Waals surface area contributed by atoms with Crippen molar-refractivity contribution < 1.29 is 28.6 Å². The van der Waals surface area contributed by atoms with Gasteiger partial charge in [-0.05, 0) is 78.7 Å². The molecule has 1 aliphatic rings. The summed E-state index contributed by atoms with van der Waals surface area (Å²) in [6, 6.07) is 9.45. The molecule has 0 spiro atoms. The Morgan fingerprint density at radius 1 is 1.12 bits per heavy atom. The van der Waals surface area contributed by atoms with E-state index >= 15 is 0 Å². The van der Waals surface area contributed by atoms with Gasteiger partial charge in [0.1, 0.15) is 5.60 Å². The van der Waals surface area contributed by atoms with E-state index < -0.39 is 17.5 Å². The molecule has 1 aromatic carbocycles. The van der Waals surface area contributed by atoms with Crippen LogP contribution in [0.25, 0.3) is 10.4 Å². The summed E-state index contributed by atoms with van der Waals surface area (Å²) in [7, 11) is 1.29. The van der Waals surface area contributed by atoms with Gasteiger partial charge < -0.3 is 19.5 Å². The van der Waals surface area contributed by atoms with Crippen molar-refractivity contribution >= 4 is 67.9 Å². The van der Waals surface area contributed by atoms with Crippen molar-refractivity contribution in [2.24, 2.45) is 0 Å². The third kappa shape index (κ3) is 7.44. The number of hydrogen-bond donors (Lipinski definition) is 1. The zero-order valence-corrected chi connectivity index (χ0v) is 26.2. The fourth-order valence-corrected chi connectivity index (χ4v) is 7.14. The smallest absolute Gasteiger partial charge is 0.351 e. The van der Waals surface area contributed by atoms with Crippen molar-refractivity contribution in [3.8, 4) is 16.2 Å². The van der Waals surface area contributed by atoms with Crippen LogP contribution in [0.4, 0.5) is 16.2 Å². The summed E-state index contributed by atoms with van der Waals surface area (Å²) in [6.07, 6.45) is 5.17. The lowest BCUT2D eigenvalue weighted by atomic mass is 9.94. The number of carbonyl (C=O) groups excluding carboxylic acids is 3. The van der Waals surface area contributed by atoms with Crippen LogP contribution >= 0.6 is 38.6 Å². The molecule has 11 heteroatoms. The number of carbonyl (C=O) groups is 3. The number of rotatable bonds is 8. The summed E-state index contributed by atoms with van der Waals surface area (Å²) in [5.74, 6) is -0.918. The van der Waals surface area contributed by atoms with Gasteiger partial charge in [0.15, 0.2) is 17.2 Å². The molecule has 214 valence electrons. The average molecular weight is 650 g/mol. The van der Waals surface area contributed by atoms with Crippen LogP contribution in [0.1, 0.15) is 62.5 Å². The van der Waals surface area contributed by atoms with Gasteiger partial charge in [0.2, 0.25) is 0 Å². The second-order valence-corrected chi connectivity index (χ2v) is 13.0. The summed E-state index contributed by atoms with van der Waals surface area (Å²) in [6.45, 7) is 4.95. The van der Waals surface area contributed by atoms with E-state index in [0.29, 0.717) is 9.35 Å². The predicted octanol–water partition coefficient (Wildman–Crippen LogP) is 8.12. The Morgan fingerprint density at radius 2 is 1.88 bits per heavy atom. The Balaban J connectivity index is 1.67. The Hall–Kier alpha value is -2.89. The molecule has 1 N–H and O–H groups in total. The predicted molar refractivity (Wildman–Crippen MR) is 163 cm³/mol. The highest BCUT2D eigenvalue weighted by Gasteiger charge is 2.29. The number of amides is 2. The van der Waals surface area contributed by atoms with Crippen LogP contribution in [-0.2, 0) is 14.3 Å². The minimum atomic E-state index is -0.664. The topological polar surface area (TPSA) is 94.2 Å². The molecular formula is C29H33BrN2O6S2. The number of nitrogens with one attached hydrogen (secondary N) is 1. The quantitative estimate of drug-likeness (QED) is 0.248. The fraction of sp³-hybridized carbons (Fsp3) is 0.414. The minimum Gasteiger partial charge on any atom is -0.479 e. The van der Waals surface area contributed by atoms with Crippen molar-refractivity contribution in [3.63, 3.8) is 0 Å². The molecule has 0 saturated heterocycles. The number of hydrogen-bond acceptors (Lipinski definition) is 8. The molecule has 1 fully saturated rings. The number of halogens is 1. The molecule has 0 bridgehead atoms. The highest BCUT2D eigenvalue weighted by atomic mass is 79.9. The molecule has 1 saturated carbocycles. The van der Waals surface area contributed by atoms with Gasteiger partial charge in [0, 0.05) is 17.1 Å². The number of urea groups is 1. The Kier molecular flexibility index (Phi) is 9.91. The van der Waals surface area contributed by atoms with Gasteiger partial charge in [-0.3, -0.25) is 4.90 Å². The maximum Gasteiger partial charge on any atom is 0.351 e. The van der Waals surface area contributed by atoms with E-state index in [-0.39, 0.29) is 29.3 Å². The summed E-state index contributed by atoms with van der Waals surface area (Å²) in [5.41, 5.74) is 1.65. The number of thiophene rings is 2. The highest BCUT2D eigenvalue weighted by molar-refractivity contribution is 9.10. The van der Waals surface area contributed by atoms with Crippen molar-refractivity contribution in [1.29, 1.82) is 0 Å². The van der Waals surface area contributed by atoms with Crippen molar-refractivity contribution in [2.45, 2.75) is 64.5 Å². The molecule has 0 aliphatic heterocycles. The van der Waals surface area contributed by atoms with Gasteiger partial charge in [-0.15, -0.1) is 11.3 Å². The lowest BCUT2D eigenvalue weighted by Crippen LogP contribution is -2.44. The summed E-state index contributed by atoms with van der Waals surface area (Å²) >= 11 is 6.30. The number of benzene rings is 1. The third-order valence-corrected chi connectivity index (χ3v) is 9.15. The summed E-state index contributed by atoms with van der Waals surface area (Å²) in [5, 5.41) is 6.87. The molecule has 4 rings (SSSR count). The van der Waals surface area contributed by atoms with E-state index in [1.165, 1.54) is 36.2 Å². The molecule has 0 radical (unpaired) electrons. The minimum absolute atomic E-state index is 0.0766. The standard InChI is InChI=1S/C29H33BrN2O6S2/c1-29(2,3)38-22(33)16-37-24-23(30)25(40-26(24)27(34)36-4)18-9-8-12-21(15-18)32(20-10-6-5-7-11-20)28(35)31-19-13-14-39-17-19/h8-9,12-15,17,20H,5-7,10-11,16H2,1-4H3,(H,31,35). The molecule has 2 heterocycles. The molecule has 0 atom stereocenters. The van der Waals surface area contributed by atoms with E-state index in [4.69, 9.17) is 14.2 Å². The first-order chi connectivity index (χ1) is 19.1. The molecule has 2 aromatic heterocycles. The zero-order chi connectivity index (χ0) is 28.9. The largest absolute Gasteiger partial charge is 0.479 e. The molecule has 3 aromatic rings. The average Bonchev–Trinajstić information content (AvgIpc) is 3.54. The lowest BCUT2D eigenvalue weighted by Gasteiger charge is -2.34. The third-order valence-electron chi connectivity index (χ3n) is 6.25. The molecule has 2 amide bonds. The van der Waals surface area contributed by atoms with Crippen LogP contribution in [-0.4, -0.2) is 43.3 Å². The molecule has 40 heavy (non-hydrogen) atoms. The van der Waals surface area contributed by atoms with Gasteiger partial charge in [-0.25, -0.2) is 14.4 Å². The second kappa shape index (κ2) is 13.2. The second-order valence-electron chi connectivity index (χ2n) is 10.4. The zero-order valence-electron chi connectivity index (χ0n) is 23.0. The lowest BCUT2D eigenvalue weighted by molar-refractivity contribution is -0.157. The van der Waals surface area contributed by atoms with Crippen molar-refractivity contribution in [2.75, 3.05) is 23.9 Å². The normalized spacial score (nSPS) is 13.9. The number of anilines is 2. The highest BCUT2D eigenvalue weighted by Crippen LogP contribution is 2.46. The van der Waals surface area contributed by atoms with E-state index in [1.54, 1.807) is 20.8 Å². The van der Waals surface area contributed by atoms with E-state index in [0.717, 1.165) is 42.6 Å². The van der Waals surface area contributed by atoms with Crippen molar-refractivity contribution in [1.82, 2.24) is 0 Å². The van der Waals surface area contributed by atoms with Crippen LogP contribution in [0, 0.1) is 0 Å². The first-order valence-electron chi connectivity index (χ1n) is 13.1. The summed E-state index contributed by atoms with van der Waals surface area (Å²) in [4.78, 5) is 41.3. The molecule has 1 aliphatic carbocycles. The SMILES string of the molecule is COC(=O)c1sc(-c2cccc(N(C(=O)Nc3ccsc3)C3CCCCC3)c2)c(Br)c1OCC(=O)OC(C)(C)C. The van der Waals surface area contributed by atoms with Crippen LogP contribution < -0.4 is 15.0 Å². The Labute approximate surface area is 250 Å². The maximum absolute atomic E-state index is 13.5. The first-order valence-corrected chi connectivity index (χ1v) is 15.6. The van der Waals surface area contributed by atoms with Crippen LogP contribution in [0.3, 0.4) is 0 Å². The van der Waals surface area contributed by atoms with Gasteiger partial charge in [0.05, 0.1) is 22.1 Å². The van der Waals surface area contributed by atoms with Crippen LogP contribution in [0.2, 0.25) is 0 Å². The number of esters is 2. The molecule has 0 unspecified atom stereocenters. The first kappa shape index (κ1) is 30.1. The number of methoxy groups -OCH3 is 1. The van der Waals surface area contributed by atoms with E-state index in [9.17, 15) is 14.4 Å². The summed E-state index contributed by atoms with van der Waals surface area (Å²) < 4.78 is 16.6. The van der Waals surface area contributed by atoms with Crippen LogP contribution in [0.5, 0.6) is 5.75 Å². The van der Waals surface area contributed by atoms with Gasteiger partial charge in [-0.1, -0.05) is 31.4 Å². The fourth-order valence-electron chi connectivity index (χ4n) is 4.59. The monoisotopic (exact) mass is 648 g/mol. The van der Waals surface area contributed by atoms with Gasteiger partial charge in [0.25, 0.3) is 0 Å². The van der Waals surface area contributed by atoms with Gasteiger partial charge in [-0.2, -0.15) is 11.3 Å². The Morgan fingerprint density at radius 3 is 2.52 bits per heavy atom.